The number of nitrogens with one attached hydrogen (secondary N) is 1. The van der Waals surface area contributed by atoms with Crippen molar-refractivity contribution in [1.82, 2.24) is 9.62 Å². The Hall–Kier alpha value is -1.44. The second-order valence-electron chi connectivity index (χ2n) is 5.28. The van der Waals surface area contributed by atoms with Gasteiger partial charge >= 0.3 is 5.97 Å². The Balaban J connectivity index is 2.28. The van der Waals surface area contributed by atoms with Crippen molar-refractivity contribution >= 4 is 16.0 Å². The van der Waals surface area contributed by atoms with Crippen LogP contribution in [-0.2, 0) is 14.8 Å². The normalized spacial score (nSPS) is 18.6. The number of ether oxygens (including phenoxy) is 1. The third-order valence-electron chi connectivity index (χ3n) is 3.77. The van der Waals surface area contributed by atoms with Gasteiger partial charge in [0.05, 0.1) is 17.6 Å². The van der Waals surface area contributed by atoms with E-state index in [1.807, 2.05) is 6.92 Å². The summed E-state index contributed by atoms with van der Waals surface area (Å²) in [6, 6.07) is 5.88. The van der Waals surface area contributed by atoms with Gasteiger partial charge in [0.2, 0.25) is 10.0 Å². The zero-order chi connectivity index (χ0) is 16.2. The monoisotopic (exact) mass is 326 g/mol. The Bertz CT molecular complexity index is 607. The lowest BCUT2D eigenvalue weighted by molar-refractivity contribution is 0.0600. The van der Waals surface area contributed by atoms with Crippen LogP contribution >= 0.6 is 0 Å². The molecule has 1 saturated heterocycles. The molecule has 1 aliphatic rings. The highest BCUT2D eigenvalue weighted by atomic mass is 32.2. The van der Waals surface area contributed by atoms with Crippen LogP contribution in [0.1, 0.15) is 30.1 Å². The molecule has 0 aliphatic carbocycles. The third kappa shape index (κ3) is 3.48. The van der Waals surface area contributed by atoms with E-state index in [1.165, 1.54) is 31.4 Å². The third-order valence-corrected chi connectivity index (χ3v) is 5.73. The zero-order valence-electron chi connectivity index (χ0n) is 12.9. The Kier molecular flexibility index (Phi) is 5.55. The van der Waals surface area contributed by atoms with E-state index < -0.39 is 16.0 Å². The van der Waals surface area contributed by atoms with Crippen LogP contribution in [-0.4, -0.2) is 51.5 Å². The molecule has 6 nitrogen and oxygen atoms in total. The van der Waals surface area contributed by atoms with Crippen LogP contribution in [0.5, 0.6) is 0 Å². The second kappa shape index (κ2) is 7.21. The van der Waals surface area contributed by atoms with Gasteiger partial charge < -0.3 is 10.1 Å². The van der Waals surface area contributed by atoms with E-state index in [0.717, 1.165) is 19.4 Å². The summed E-state index contributed by atoms with van der Waals surface area (Å²) in [5.74, 6) is -0.477. The lowest BCUT2D eigenvalue weighted by Gasteiger charge is -2.27. The molecule has 1 heterocycles. The Morgan fingerprint density at radius 1 is 1.36 bits per heavy atom. The summed E-state index contributed by atoms with van der Waals surface area (Å²) < 4.78 is 31.9. The molecule has 0 amide bonds. The van der Waals surface area contributed by atoms with Crippen molar-refractivity contribution in [2.24, 2.45) is 0 Å². The predicted molar refractivity (Wildman–Crippen MR) is 83.2 cm³/mol. The fourth-order valence-corrected chi connectivity index (χ4v) is 4.37. The van der Waals surface area contributed by atoms with Crippen molar-refractivity contribution in [2.75, 3.05) is 26.7 Å². The molecule has 1 unspecified atom stereocenters. The fourth-order valence-electron chi connectivity index (χ4n) is 2.62. The van der Waals surface area contributed by atoms with Crippen molar-refractivity contribution < 1.29 is 17.9 Å². The van der Waals surface area contributed by atoms with E-state index in [1.54, 1.807) is 4.31 Å². The van der Waals surface area contributed by atoms with Crippen LogP contribution in [0.4, 0.5) is 0 Å². The first-order valence-electron chi connectivity index (χ1n) is 7.41. The van der Waals surface area contributed by atoms with Crippen LogP contribution in [0, 0.1) is 0 Å². The Morgan fingerprint density at radius 2 is 2.05 bits per heavy atom. The first kappa shape index (κ1) is 16.9. The van der Waals surface area contributed by atoms with Gasteiger partial charge in [0.1, 0.15) is 0 Å². The minimum atomic E-state index is -3.55. The highest BCUT2D eigenvalue weighted by molar-refractivity contribution is 7.89. The van der Waals surface area contributed by atoms with Crippen LogP contribution < -0.4 is 5.32 Å². The van der Waals surface area contributed by atoms with Gasteiger partial charge in [-0.2, -0.15) is 4.31 Å². The van der Waals surface area contributed by atoms with Crippen molar-refractivity contribution in [1.29, 1.82) is 0 Å². The lowest BCUT2D eigenvalue weighted by Crippen LogP contribution is -2.42. The molecule has 0 aromatic heterocycles. The first-order chi connectivity index (χ1) is 10.5. The van der Waals surface area contributed by atoms with Gasteiger partial charge in [-0.3, -0.25) is 0 Å². The maximum atomic E-state index is 12.8. The van der Waals surface area contributed by atoms with E-state index in [-0.39, 0.29) is 10.9 Å². The molecular formula is C15H22N2O4S. The fraction of sp³-hybridized carbons (Fsp3) is 0.533. The number of hydrogen-bond acceptors (Lipinski definition) is 5. The number of carbonyl (C=O) groups is 1. The minimum absolute atomic E-state index is 0.00904. The van der Waals surface area contributed by atoms with Crippen molar-refractivity contribution in [2.45, 2.75) is 30.7 Å². The van der Waals surface area contributed by atoms with Crippen LogP contribution in [0.3, 0.4) is 0 Å². The van der Waals surface area contributed by atoms with Gasteiger partial charge in [-0.15, -0.1) is 0 Å². The quantitative estimate of drug-likeness (QED) is 0.796. The average Bonchev–Trinajstić information content (AvgIpc) is 3.05. The highest BCUT2D eigenvalue weighted by Crippen LogP contribution is 2.22. The van der Waals surface area contributed by atoms with Crippen molar-refractivity contribution in [3.8, 4) is 0 Å². The van der Waals surface area contributed by atoms with E-state index >= 15 is 0 Å². The summed E-state index contributed by atoms with van der Waals surface area (Å²) >= 11 is 0. The van der Waals surface area contributed by atoms with Gasteiger partial charge in [-0.1, -0.05) is 6.92 Å². The first-order valence-corrected chi connectivity index (χ1v) is 8.85. The zero-order valence-corrected chi connectivity index (χ0v) is 13.7. The van der Waals surface area contributed by atoms with Gasteiger partial charge in [-0.25, -0.2) is 13.2 Å². The number of hydrogen-bond donors (Lipinski definition) is 1. The molecule has 1 N–H and O–H groups in total. The maximum Gasteiger partial charge on any atom is 0.337 e. The molecule has 0 bridgehead atoms. The maximum absolute atomic E-state index is 12.8. The Morgan fingerprint density at radius 3 is 2.55 bits per heavy atom. The van der Waals surface area contributed by atoms with Gasteiger partial charge in [0.15, 0.2) is 0 Å². The molecule has 1 aromatic rings. The molecular weight excluding hydrogens is 304 g/mol. The average molecular weight is 326 g/mol. The molecule has 7 heteroatoms. The molecule has 1 fully saturated rings. The molecule has 0 saturated carbocycles. The van der Waals surface area contributed by atoms with Crippen LogP contribution in [0.25, 0.3) is 0 Å². The number of benzene rings is 1. The number of esters is 1. The SMILES string of the molecule is CCCN(C1CCNC1)S(=O)(=O)c1ccc(C(=O)OC)cc1. The number of nitrogens with zero attached hydrogens (tertiary/aromatic N) is 1. The molecule has 1 aliphatic heterocycles. The molecule has 122 valence electrons. The summed E-state index contributed by atoms with van der Waals surface area (Å²) in [6.07, 6.45) is 1.58. The van der Waals surface area contributed by atoms with E-state index in [9.17, 15) is 13.2 Å². The number of sulfonamides is 1. The predicted octanol–water partition coefficient (Wildman–Crippen LogP) is 1.24. The summed E-state index contributed by atoms with van der Waals surface area (Å²) in [5.41, 5.74) is 0.339. The second-order valence-corrected chi connectivity index (χ2v) is 7.17. The molecule has 1 atom stereocenters. The minimum Gasteiger partial charge on any atom is -0.465 e. The van der Waals surface area contributed by atoms with E-state index in [0.29, 0.717) is 18.7 Å². The standard InChI is InChI=1S/C15H22N2O4S/c1-3-10-17(13-8-9-16-11-13)22(19,20)14-6-4-12(5-7-14)15(18)21-2/h4-7,13,16H,3,8-11H2,1-2H3. The molecule has 0 spiro atoms. The van der Waals surface area contributed by atoms with Crippen molar-refractivity contribution in [3.05, 3.63) is 29.8 Å². The van der Waals surface area contributed by atoms with Crippen LogP contribution in [0.15, 0.2) is 29.2 Å². The lowest BCUT2D eigenvalue weighted by atomic mass is 10.2. The number of rotatable bonds is 6. The summed E-state index contributed by atoms with van der Waals surface area (Å²) in [7, 11) is -2.26. The Labute approximate surface area is 131 Å². The summed E-state index contributed by atoms with van der Waals surface area (Å²) in [5, 5.41) is 3.20. The topological polar surface area (TPSA) is 75.7 Å². The van der Waals surface area contributed by atoms with Gasteiger partial charge in [-0.05, 0) is 43.7 Å². The number of methoxy groups -OCH3 is 1. The van der Waals surface area contributed by atoms with E-state index in [4.69, 9.17) is 0 Å². The smallest absolute Gasteiger partial charge is 0.337 e. The van der Waals surface area contributed by atoms with E-state index in [2.05, 4.69) is 10.1 Å². The summed E-state index contributed by atoms with van der Waals surface area (Å²) in [4.78, 5) is 11.6. The summed E-state index contributed by atoms with van der Waals surface area (Å²) in [6.45, 7) is 3.97. The van der Waals surface area contributed by atoms with Crippen LogP contribution in [0.2, 0.25) is 0 Å². The van der Waals surface area contributed by atoms with Crippen molar-refractivity contribution in [3.63, 3.8) is 0 Å². The van der Waals surface area contributed by atoms with Gasteiger partial charge in [0.25, 0.3) is 0 Å². The molecule has 1 aromatic carbocycles. The van der Waals surface area contributed by atoms with Gasteiger partial charge in [0, 0.05) is 19.1 Å². The molecule has 0 radical (unpaired) electrons. The largest absolute Gasteiger partial charge is 0.465 e. The molecule has 22 heavy (non-hydrogen) atoms. The molecule has 2 rings (SSSR count). The number of carbonyl (C=O) groups excluding carboxylic acids is 1. The highest BCUT2D eigenvalue weighted by Gasteiger charge is 2.32.